The normalized spacial score (nSPS) is 14.6. The molecule has 2 aromatic carbocycles. The van der Waals surface area contributed by atoms with Gasteiger partial charge in [0, 0.05) is 24.5 Å². The molecule has 1 atom stereocenters. The van der Waals surface area contributed by atoms with Crippen LogP contribution in [0, 0.1) is 0 Å². The van der Waals surface area contributed by atoms with Crippen molar-refractivity contribution in [1.82, 2.24) is 0 Å². The fourth-order valence-corrected chi connectivity index (χ4v) is 3.40. The van der Waals surface area contributed by atoms with Crippen LogP contribution < -0.4 is 19.7 Å². The molecule has 7 heteroatoms. The summed E-state index contributed by atoms with van der Waals surface area (Å²) in [5.41, 5.74) is 2.09. The van der Waals surface area contributed by atoms with Gasteiger partial charge in [-0.3, -0.25) is 4.79 Å². The fraction of sp³-hybridized carbons (Fsp3) is 0.391. The highest BCUT2D eigenvalue weighted by molar-refractivity contribution is 5.97. The summed E-state index contributed by atoms with van der Waals surface area (Å²) < 4.78 is 15.7. The molecule has 1 aliphatic rings. The van der Waals surface area contributed by atoms with Gasteiger partial charge >= 0.3 is 5.97 Å². The third-order valence-corrected chi connectivity index (χ3v) is 5.13. The van der Waals surface area contributed by atoms with E-state index < -0.39 is 18.0 Å². The molecule has 0 unspecified atom stereocenters. The van der Waals surface area contributed by atoms with Crippen molar-refractivity contribution >= 4 is 23.3 Å². The number of piperidine rings is 1. The second kappa shape index (κ2) is 10.0. The minimum atomic E-state index is -0.952. The first-order chi connectivity index (χ1) is 14.5. The number of rotatable bonds is 7. The monoisotopic (exact) mass is 412 g/mol. The molecule has 0 aromatic heterocycles. The number of anilines is 2. The quantitative estimate of drug-likeness (QED) is 0.696. The van der Waals surface area contributed by atoms with Gasteiger partial charge in [-0.1, -0.05) is 0 Å². The molecule has 2 aromatic rings. The Labute approximate surface area is 176 Å². The van der Waals surface area contributed by atoms with E-state index in [2.05, 4.69) is 10.2 Å². The zero-order valence-corrected chi connectivity index (χ0v) is 17.6. The summed E-state index contributed by atoms with van der Waals surface area (Å²) in [5, 5.41) is 2.79. The molecule has 30 heavy (non-hydrogen) atoms. The van der Waals surface area contributed by atoms with Crippen LogP contribution >= 0.6 is 0 Å². The van der Waals surface area contributed by atoms with Crippen LogP contribution in [0.4, 0.5) is 11.4 Å². The van der Waals surface area contributed by atoms with Crippen LogP contribution in [0.2, 0.25) is 0 Å². The molecule has 0 radical (unpaired) electrons. The van der Waals surface area contributed by atoms with Gasteiger partial charge < -0.3 is 24.4 Å². The Morgan fingerprint density at radius 1 is 0.933 bits per heavy atom. The first-order valence-electron chi connectivity index (χ1n) is 10.1. The maximum atomic E-state index is 12.4. The summed E-state index contributed by atoms with van der Waals surface area (Å²) in [5.74, 6) is -0.0840. The highest BCUT2D eigenvalue weighted by Gasteiger charge is 2.20. The Morgan fingerprint density at radius 2 is 1.60 bits per heavy atom. The number of amides is 1. The van der Waals surface area contributed by atoms with Crippen LogP contribution in [0.5, 0.6) is 11.5 Å². The molecule has 0 saturated carbocycles. The smallest absolute Gasteiger partial charge is 0.339 e. The van der Waals surface area contributed by atoms with E-state index in [4.69, 9.17) is 14.2 Å². The molecule has 0 aliphatic carbocycles. The number of carbonyl (C=O) groups excluding carboxylic acids is 2. The SMILES string of the molecule is COc1ccc(C(=O)O[C@H](C)C(=O)Nc2ccc(N3CCCCC3)cc2)cc1OC. The number of esters is 1. The predicted octanol–water partition coefficient (Wildman–Crippen LogP) is 3.88. The molecule has 7 nitrogen and oxygen atoms in total. The number of hydrogen-bond acceptors (Lipinski definition) is 6. The second-order valence-corrected chi connectivity index (χ2v) is 7.20. The van der Waals surface area contributed by atoms with Gasteiger partial charge in [0.15, 0.2) is 17.6 Å². The Hall–Kier alpha value is -3.22. The van der Waals surface area contributed by atoms with Crippen molar-refractivity contribution < 1.29 is 23.8 Å². The molecule has 1 N–H and O–H groups in total. The van der Waals surface area contributed by atoms with E-state index in [9.17, 15) is 9.59 Å². The number of nitrogens with one attached hydrogen (secondary N) is 1. The Bertz CT molecular complexity index is 876. The van der Waals surface area contributed by atoms with Crippen LogP contribution in [0.15, 0.2) is 42.5 Å². The highest BCUT2D eigenvalue weighted by Crippen LogP contribution is 2.28. The van der Waals surface area contributed by atoms with Crippen molar-refractivity contribution in [3.05, 3.63) is 48.0 Å². The summed E-state index contributed by atoms with van der Waals surface area (Å²) in [6.07, 6.45) is 2.75. The number of ether oxygens (including phenoxy) is 3. The van der Waals surface area contributed by atoms with Crippen molar-refractivity contribution in [2.75, 3.05) is 37.5 Å². The van der Waals surface area contributed by atoms with Gasteiger partial charge in [0.2, 0.25) is 0 Å². The molecule has 1 heterocycles. The third kappa shape index (κ3) is 5.23. The lowest BCUT2D eigenvalue weighted by molar-refractivity contribution is -0.123. The minimum absolute atomic E-state index is 0.276. The van der Waals surface area contributed by atoms with E-state index >= 15 is 0 Å². The standard InChI is InChI=1S/C23H28N2O5/c1-16(30-23(27)17-7-12-20(28-2)21(15-17)29-3)22(26)24-18-8-10-19(11-9-18)25-13-5-4-6-14-25/h7-12,15-16H,4-6,13-14H2,1-3H3,(H,24,26)/t16-/m1/s1. The highest BCUT2D eigenvalue weighted by atomic mass is 16.5. The Balaban J connectivity index is 1.57. The summed E-state index contributed by atoms with van der Waals surface area (Å²) in [6.45, 7) is 3.67. The molecule has 1 saturated heterocycles. The first-order valence-corrected chi connectivity index (χ1v) is 10.1. The van der Waals surface area contributed by atoms with Crippen molar-refractivity contribution in [3.63, 3.8) is 0 Å². The van der Waals surface area contributed by atoms with E-state index in [0.29, 0.717) is 17.2 Å². The van der Waals surface area contributed by atoms with Gasteiger partial charge in [-0.05, 0) is 68.7 Å². The van der Waals surface area contributed by atoms with E-state index in [0.717, 1.165) is 18.8 Å². The van der Waals surface area contributed by atoms with Crippen molar-refractivity contribution in [2.24, 2.45) is 0 Å². The topological polar surface area (TPSA) is 77.1 Å². The zero-order valence-electron chi connectivity index (χ0n) is 17.6. The fourth-order valence-electron chi connectivity index (χ4n) is 3.40. The number of benzene rings is 2. The predicted molar refractivity (Wildman–Crippen MR) is 116 cm³/mol. The number of methoxy groups -OCH3 is 2. The second-order valence-electron chi connectivity index (χ2n) is 7.20. The summed E-state index contributed by atoms with van der Waals surface area (Å²) >= 11 is 0. The molecule has 1 fully saturated rings. The van der Waals surface area contributed by atoms with Crippen molar-refractivity contribution in [3.8, 4) is 11.5 Å². The molecule has 0 spiro atoms. The average molecular weight is 412 g/mol. The largest absolute Gasteiger partial charge is 0.493 e. The van der Waals surface area contributed by atoms with E-state index in [-0.39, 0.29) is 5.56 Å². The summed E-state index contributed by atoms with van der Waals surface area (Å²) in [7, 11) is 3.00. The van der Waals surface area contributed by atoms with Gasteiger partial charge in [-0.15, -0.1) is 0 Å². The van der Waals surface area contributed by atoms with Crippen LogP contribution in [-0.2, 0) is 9.53 Å². The number of hydrogen-bond donors (Lipinski definition) is 1. The van der Waals surface area contributed by atoms with Gasteiger partial charge in [0.25, 0.3) is 5.91 Å². The van der Waals surface area contributed by atoms with Gasteiger partial charge in [0.1, 0.15) is 0 Å². The van der Waals surface area contributed by atoms with Crippen LogP contribution in [0.3, 0.4) is 0 Å². The van der Waals surface area contributed by atoms with Gasteiger partial charge in [-0.25, -0.2) is 4.79 Å². The average Bonchev–Trinajstić information content (AvgIpc) is 2.79. The first kappa shape index (κ1) is 21.5. The molecule has 160 valence electrons. The van der Waals surface area contributed by atoms with Crippen LogP contribution in [0.1, 0.15) is 36.5 Å². The summed E-state index contributed by atoms with van der Waals surface area (Å²) in [4.78, 5) is 27.2. The number of carbonyl (C=O) groups is 2. The van der Waals surface area contributed by atoms with E-state index in [1.807, 2.05) is 24.3 Å². The molecule has 0 bridgehead atoms. The molecular formula is C23H28N2O5. The minimum Gasteiger partial charge on any atom is -0.493 e. The van der Waals surface area contributed by atoms with Crippen LogP contribution in [0.25, 0.3) is 0 Å². The summed E-state index contributed by atoms with van der Waals surface area (Å²) in [6, 6.07) is 12.4. The Morgan fingerprint density at radius 3 is 2.23 bits per heavy atom. The van der Waals surface area contributed by atoms with Crippen molar-refractivity contribution in [1.29, 1.82) is 0 Å². The molecule has 1 amide bonds. The third-order valence-electron chi connectivity index (χ3n) is 5.13. The van der Waals surface area contributed by atoms with Gasteiger partial charge in [-0.2, -0.15) is 0 Å². The van der Waals surface area contributed by atoms with E-state index in [1.165, 1.54) is 46.5 Å². The molecule has 1 aliphatic heterocycles. The maximum absolute atomic E-state index is 12.4. The number of nitrogens with zero attached hydrogens (tertiary/aromatic N) is 1. The molecule has 3 rings (SSSR count). The van der Waals surface area contributed by atoms with Crippen molar-refractivity contribution in [2.45, 2.75) is 32.3 Å². The lowest BCUT2D eigenvalue weighted by atomic mass is 10.1. The Kier molecular flexibility index (Phi) is 7.17. The lowest BCUT2D eigenvalue weighted by Gasteiger charge is -2.28. The molecular weight excluding hydrogens is 384 g/mol. The van der Waals surface area contributed by atoms with E-state index in [1.54, 1.807) is 12.1 Å². The van der Waals surface area contributed by atoms with Crippen LogP contribution in [-0.4, -0.2) is 45.3 Å². The maximum Gasteiger partial charge on any atom is 0.339 e. The lowest BCUT2D eigenvalue weighted by Crippen LogP contribution is -2.30. The van der Waals surface area contributed by atoms with Gasteiger partial charge in [0.05, 0.1) is 19.8 Å². The zero-order chi connectivity index (χ0) is 21.5.